The lowest BCUT2D eigenvalue weighted by Crippen LogP contribution is -2.30. The van der Waals surface area contributed by atoms with Crippen LogP contribution in [0.25, 0.3) is 0 Å². The van der Waals surface area contributed by atoms with Gasteiger partial charge in [-0.05, 0) is 17.2 Å². The van der Waals surface area contributed by atoms with Gasteiger partial charge in [0.05, 0.1) is 17.4 Å². The van der Waals surface area contributed by atoms with E-state index < -0.39 is 16.9 Å². The van der Waals surface area contributed by atoms with E-state index in [4.69, 9.17) is 0 Å². The summed E-state index contributed by atoms with van der Waals surface area (Å²) in [5, 5.41) is 20.2. The van der Waals surface area contributed by atoms with E-state index in [1.54, 1.807) is 18.2 Å². The van der Waals surface area contributed by atoms with E-state index >= 15 is 0 Å². The molecule has 2 aromatic rings. The van der Waals surface area contributed by atoms with Crippen molar-refractivity contribution in [2.45, 2.75) is 19.0 Å². The van der Waals surface area contributed by atoms with Gasteiger partial charge in [-0.1, -0.05) is 30.3 Å². The Kier molecular flexibility index (Phi) is 3.99. The molecule has 1 amide bonds. The molecule has 1 heterocycles. The zero-order valence-electron chi connectivity index (χ0n) is 12.6. The van der Waals surface area contributed by atoms with Gasteiger partial charge in [-0.2, -0.15) is 0 Å². The van der Waals surface area contributed by atoms with Crippen LogP contribution < -0.4 is 0 Å². The highest BCUT2D eigenvalue weighted by Gasteiger charge is 2.34. The molecular weight excluding hydrogens is 312 g/mol. The Labute approximate surface area is 137 Å². The average molecular weight is 326 g/mol. The van der Waals surface area contributed by atoms with Gasteiger partial charge in [-0.15, -0.1) is 0 Å². The molecule has 7 heteroatoms. The summed E-state index contributed by atoms with van der Waals surface area (Å²) >= 11 is 0. The number of hydrogen-bond acceptors (Lipinski definition) is 4. The summed E-state index contributed by atoms with van der Waals surface area (Å²) < 4.78 is 0. The lowest BCUT2D eigenvalue weighted by atomic mass is 10.0. The predicted molar refractivity (Wildman–Crippen MR) is 84.4 cm³/mol. The first-order chi connectivity index (χ1) is 11.5. The minimum Gasteiger partial charge on any atom is -0.481 e. The van der Waals surface area contributed by atoms with Crippen LogP contribution in [-0.2, 0) is 11.3 Å². The molecule has 0 unspecified atom stereocenters. The van der Waals surface area contributed by atoms with Crippen LogP contribution in [-0.4, -0.2) is 26.8 Å². The molecule has 1 atom stereocenters. The first kappa shape index (κ1) is 15.7. The molecule has 1 aliphatic heterocycles. The van der Waals surface area contributed by atoms with Gasteiger partial charge in [-0.25, -0.2) is 0 Å². The molecule has 1 N–H and O–H groups in total. The van der Waals surface area contributed by atoms with Gasteiger partial charge in [0.15, 0.2) is 0 Å². The fourth-order valence-corrected chi connectivity index (χ4v) is 2.95. The molecule has 24 heavy (non-hydrogen) atoms. The van der Waals surface area contributed by atoms with Gasteiger partial charge in [-0.3, -0.25) is 19.7 Å². The predicted octanol–water partition coefficient (Wildman–Crippen LogP) is 2.77. The summed E-state index contributed by atoms with van der Waals surface area (Å²) in [5.41, 5.74) is 1.67. The number of carboxylic acids is 1. The van der Waals surface area contributed by atoms with E-state index in [-0.39, 0.29) is 24.6 Å². The van der Waals surface area contributed by atoms with Crippen molar-refractivity contribution in [3.8, 4) is 0 Å². The molecule has 0 saturated heterocycles. The minimum absolute atomic E-state index is 0.132. The molecule has 0 saturated carbocycles. The number of amides is 1. The summed E-state index contributed by atoms with van der Waals surface area (Å²) in [5.74, 6) is -1.33. The summed E-state index contributed by atoms with van der Waals surface area (Å²) in [7, 11) is 0. The van der Waals surface area contributed by atoms with E-state index in [0.29, 0.717) is 11.1 Å². The number of carbonyl (C=O) groups excluding carboxylic acids is 1. The lowest BCUT2D eigenvalue weighted by Gasteiger charge is -2.27. The summed E-state index contributed by atoms with van der Waals surface area (Å²) in [4.78, 5) is 35.8. The number of benzene rings is 2. The lowest BCUT2D eigenvalue weighted by molar-refractivity contribution is -0.385. The second-order valence-electron chi connectivity index (χ2n) is 5.56. The van der Waals surface area contributed by atoms with Crippen LogP contribution >= 0.6 is 0 Å². The zero-order valence-corrected chi connectivity index (χ0v) is 12.6. The minimum atomic E-state index is -1.07. The van der Waals surface area contributed by atoms with Crippen LogP contribution in [0.4, 0.5) is 5.69 Å². The maximum atomic E-state index is 12.6. The number of carbonyl (C=O) groups is 2. The number of nitro groups is 1. The Balaban J connectivity index is 2.00. The fraction of sp³-hybridized carbons (Fsp3) is 0.176. The number of fused-ring (bicyclic) bond motifs is 1. The normalized spacial score (nSPS) is 14.3. The van der Waals surface area contributed by atoms with Crippen molar-refractivity contribution in [1.82, 2.24) is 4.90 Å². The van der Waals surface area contributed by atoms with Gasteiger partial charge < -0.3 is 10.0 Å². The topological polar surface area (TPSA) is 101 Å². The Morgan fingerprint density at radius 1 is 1.25 bits per heavy atom. The van der Waals surface area contributed by atoms with E-state index in [2.05, 4.69) is 0 Å². The third kappa shape index (κ3) is 2.83. The van der Waals surface area contributed by atoms with E-state index in [1.807, 2.05) is 12.1 Å². The van der Waals surface area contributed by atoms with Crippen molar-refractivity contribution < 1.29 is 19.6 Å². The molecule has 122 valence electrons. The molecule has 0 spiro atoms. The Bertz CT molecular complexity index is 833. The van der Waals surface area contributed by atoms with Gasteiger partial charge in [0.25, 0.3) is 11.6 Å². The number of nitrogens with zero attached hydrogens (tertiary/aromatic N) is 2. The highest BCUT2D eigenvalue weighted by molar-refractivity contribution is 5.98. The summed E-state index contributed by atoms with van der Waals surface area (Å²) in [6.45, 7) is 0.287. The second-order valence-corrected chi connectivity index (χ2v) is 5.56. The maximum Gasteiger partial charge on any atom is 0.305 e. The number of nitro benzene ring substituents is 1. The number of hydrogen-bond donors (Lipinski definition) is 1. The third-order valence-corrected chi connectivity index (χ3v) is 4.06. The van der Waals surface area contributed by atoms with Crippen molar-refractivity contribution in [1.29, 1.82) is 0 Å². The molecule has 0 bridgehead atoms. The largest absolute Gasteiger partial charge is 0.481 e. The van der Waals surface area contributed by atoms with E-state index in [9.17, 15) is 24.8 Å². The Morgan fingerprint density at radius 2 is 2.00 bits per heavy atom. The quantitative estimate of drug-likeness (QED) is 0.672. The second kappa shape index (κ2) is 6.11. The fourth-order valence-electron chi connectivity index (χ4n) is 2.95. The van der Waals surface area contributed by atoms with Crippen molar-refractivity contribution in [2.75, 3.05) is 0 Å². The summed E-state index contributed by atoms with van der Waals surface area (Å²) in [6.07, 6.45) is -0.319. The van der Waals surface area contributed by atoms with Crippen molar-refractivity contribution >= 4 is 17.6 Å². The highest BCUT2D eigenvalue weighted by atomic mass is 16.6. The maximum absolute atomic E-state index is 12.6. The standard InChI is InChI=1S/C17H14N2O5/c20-16(21)9-15(11-5-3-6-13(8-11)19(23)24)18-10-12-4-1-2-7-14(12)17(18)22/h1-8,15H,9-10H2,(H,20,21)/t15-/m0/s1. The van der Waals surface area contributed by atoms with Gasteiger partial charge >= 0.3 is 5.97 Å². The van der Waals surface area contributed by atoms with E-state index in [0.717, 1.165) is 5.56 Å². The Morgan fingerprint density at radius 3 is 2.67 bits per heavy atom. The molecule has 0 radical (unpaired) electrons. The van der Waals surface area contributed by atoms with Crippen LogP contribution in [0.1, 0.15) is 33.9 Å². The average Bonchev–Trinajstić information content (AvgIpc) is 2.90. The number of non-ortho nitro benzene ring substituents is 1. The van der Waals surface area contributed by atoms with Crippen LogP contribution in [0.15, 0.2) is 48.5 Å². The number of carboxylic acid groups (broad SMARTS) is 1. The highest BCUT2D eigenvalue weighted by Crippen LogP contribution is 2.34. The Hall–Kier alpha value is -3.22. The first-order valence-electron chi connectivity index (χ1n) is 7.32. The van der Waals surface area contributed by atoms with Gasteiger partial charge in [0.2, 0.25) is 0 Å². The number of rotatable bonds is 5. The van der Waals surface area contributed by atoms with Crippen molar-refractivity contribution in [3.05, 3.63) is 75.3 Å². The molecule has 0 aliphatic carbocycles. The SMILES string of the molecule is O=C(O)C[C@@H](c1cccc([N+](=O)[O-])c1)N1Cc2ccccc2C1=O. The zero-order chi connectivity index (χ0) is 17.3. The molecule has 3 rings (SSSR count). The molecule has 7 nitrogen and oxygen atoms in total. The third-order valence-electron chi connectivity index (χ3n) is 4.06. The number of aliphatic carboxylic acids is 1. The van der Waals surface area contributed by atoms with Gasteiger partial charge in [0.1, 0.15) is 0 Å². The molecular formula is C17H14N2O5. The van der Waals surface area contributed by atoms with Crippen LogP contribution in [0, 0.1) is 10.1 Å². The van der Waals surface area contributed by atoms with Crippen molar-refractivity contribution in [3.63, 3.8) is 0 Å². The van der Waals surface area contributed by atoms with Crippen molar-refractivity contribution in [2.24, 2.45) is 0 Å². The smallest absolute Gasteiger partial charge is 0.305 e. The van der Waals surface area contributed by atoms with Crippen LogP contribution in [0.3, 0.4) is 0 Å². The van der Waals surface area contributed by atoms with Crippen LogP contribution in [0.5, 0.6) is 0 Å². The first-order valence-corrected chi connectivity index (χ1v) is 7.32. The monoisotopic (exact) mass is 326 g/mol. The summed E-state index contributed by atoms with van der Waals surface area (Å²) in [6, 6.07) is 12.1. The molecule has 2 aromatic carbocycles. The van der Waals surface area contributed by atoms with E-state index in [1.165, 1.54) is 23.1 Å². The molecule has 0 aromatic heterocycles. The molecule has 1 aliphatic rings. The molecule has 0 fully saturated rings. The van der Waals surface area contributed by atoms with Gasteiger partial charge in [0, 0.05) is 24.2 Å². The van der Waals surface area contributed by atoms with Crippen LogP contribution in [0.2, 0.25) is 0 Å².